The van der Waals surface area contributed by atoms with E-state index in [2.05, 4.69) is 43.4 Å². The van der Waals surface area contributed by atoms with Gasteiger partial charge in [-0.05, 0) is 24.7 Å². The summed E-state index contributed by atoms with van der Waals surface area (Å²) in [6, 6.07) is 14.6. The van der Waals surface area contributed by atoms with Crippen LogP contribution in [0.25, 0.3) is 0 Å². The predicted octanol–water partition coefficient (Wildman–Crippen LogP) is 3.66. The van der Waals surface area contributed by atoms with Crippen molar-refractivity contribution in [2.45, 2.75) is 31.9 Å². The van der Waals surface area contributed by atoms with Gasteiger partial charge in [-0.1, -0.05) is 44.2 Å². The van der Waals surface area contributed by atoms with Gasteiger partial charge in [-0.2, -0.15) is 0 Å². The molecule has 0 aliphatic rings. The first kappa shape index (κ1) is 14.8. The second-order valence-electron chi connectivity index (χ2n) is 5.55. The minimum absolute atomic E-state index is 0.0712. The monoisotopic (exact) mass is 273 g/mol. The molecule has 0 aliphatic heterocycles. The van der Waals surface area contributed by atoms with Crippen molar-refractivity contribution in [1.82, 2.24) is 5.32 Å². The van der Waals surface area contributed by atoms with Gasteiger partial charge in [0.25, 0.3) is 0 Å². The van der Waals surface area contributed by atoms with Crippen LogP contribution in [-0.4, -0.2) is 14.2 Å². The third-order valence-corrected chi connectivity index (χ3v) is 3.78. The van der Waals surface area contributed by atoms with E-state index >= 15 is 0 Å². The van der Waals surface area contributed by atoms with Crippen LogP contribution in [-0.2, 0) is 16.8 Å². The summed E-state index contributed by atoms with van der Waals surface area (Å²) in [4.78, 5) is 0. The van der Waals surface area contributed by atoms with Crippen molar-refractivity contribution in [3.8, 4) is 0 Å². The van der Waals surface area contributed by atoms with Crippen LogP contribution < -0.4 is 5.32 Å². The number of hydrogen-bond acceptors (Lipinski definition) is 3. The van der Waals surface area contributed by atoms with Gasteiger partial charge in [-0.15, -0.1) is 0 Å². The van der Waals surface area contributed by atoms with Crippen LogP contribution in [0, 0.1) is 0 Å². The van der Waals surface area contributed by atoms with Gasteiger partial charge in [0.05, 0.1) is 6.04 Å². The summed E-state index contributed by atoms with van der Waals surface area (Å²) in [6.45, 7) is 4.95. The van der Waals surface area contributed by atoms with E-state index in [1.807, 2.05) is 25.2 Å². The Morgan fingerprint density at radius 2 is 1.85 bits per heavy atom. The van der Waals surface area contributed by atoms with Crippen LogP contribution in [0.15, 0.2) is 46.9 Å². The van der Waals surface area contributed by atoms with Crippen molar-refractivity contribution < 1.29 is 9.15 Å². The normalized spacial score (nSPS) is 13.4. The van der Waals surface area contributed by atoms with Crippen LogP contribution in [0.4, 0.5) is 0 Å². The fourth-order valence-corrected chi connectivity index (χ4v) is 2.66. The summed E-state index contributed by atoms with van der Waals surface area (Å²) in [5, 5.41) is 3.38. The molecule has 0 bridgehead atoms. The third-order valence-electron chi connectivity index (χ3n) is 3.78. The molecule has 3 heteroatoms. The summed E-state index contributed by atoms with van der Waals surface area (Å²) in [5.41, 5.74) is 1.21. The Bertz CT molecular complexity index is 531. The maximum absolute atomic E-state index is 5.90. The van der Waals surface area contributed by atoms with Gasteiger partial charge in [-0.3, -0.25) is 0 Å². The van der Waals surface area contributed by atoms with E-state index in [9.17, 15) is 0 Å². The number of ether oxygens (including phenoxy) is 1. The molecule has 2 rings (SSSR count). The van der Waals surface area contributed by atoms with Crippen LogP contribution in [0.3, 0.4) is 0 Å². The average Bonchev–Trinajstić information content (AvgIpc) is 2.89. The van der Waals surface area contributed by atoms with Gasteiger partial charge in [0, 0.05) is 12.5 Å². The fourth-order valence-electron chi connectivity index (χ4n) is 2.66. The van der Waals surface area contributed by atoms with E-state index in [1.54, 1.807) is 7.11 Å². The molecule has 1 unspecified atom stereocenters. The van der Waals surface area contributed by atoms with Gasteiger partial charge >= 0.3 is 0 Å². The first-order valence-corrected chi connectivity index (χ1v) is 6.90. The van der Waals surface area contributed by atoms with Crippen LogP contribution in [0.1, 0.15) is 37.0 Å². The molecule has 1 atom stereocenters. The van der Waals surface area contributed by atoms with Crippen LogP contribution in [0.2, 0.25) is 0 Å². The zero-order valence-electron chi connectivity index (χ0n) is 12.6. The van der Waals surface area contributed by atoms with Gasteiger partial charge < -0.3 is 14.5 Å². The molecule has 0 saturated carbocycles. The Hall–Kier alpha value is -1.58. The number of rotatable bonds is 6. The number of methoxy groups -OCH3 is 1. The molecule has 0 aliphatic carbocycles. The van der Waals surface area contributed by atoms with Crippen molar-refractivity contribution in [3.63, 3.8) is 0 Å². The second kappa shape index (κ2) is 6.25. The lowest BCUT2D eigenvalue weighted by molar-refractivity contribution is 0.159. The molecule has 1 heterocycles. The van der Waals surface area contributed by atoms with Crippen molar-refractivity contribution >= 4 is 0 Å². The predicted molar refractivity (Wildman–Crippen MR) is 80.7 cm³/mol. The van der Waals surface area contributed by atoms with Crippen molar-refractivity contribution in [1.29, 1.82) is 0 Å². The van der Waals surface area contributed by atoms with E-state index in [4.69, 9.17) is 9.15 Å². The van der Waals surface area contributed by atoms with E-state index in [0.717, 1.165) is 11.5 Å². The highest BCUT2D eigenvalue weighted by Crippen LogP contribution is 2.37. The Kier molecular flexibility index (Phi) is 4.63. The number of benzene rings is 1. The number of hydrogen-bond donors (Lipinski definition) is 1. The zero-order valence-corrected chi connectivity index (χ0v) is 12.6. The third kappa shape index (κ3) is 2.94. The molecule has 0 spiro atoms. The standard InChI is InChI=1S/C17H23NO2/c1-17(2,13-8-6-5-7-9-13)16(18-3)15-11-10-14(20-15)12-19-4/h5-11,16,18H,12H2,1-4H3. The van der Waals surface area contributed by atoms with Crippen molar-refractivity contribution in [3.05, 3.63) is 59.5 Å². The lowest BCUT2D eigenvalue weighted by Gasteiger charge is -2.33. The highest BCUT2D eigenvalue weighted by atomic mass is 16.5. The highest BCUT2D eigenvalue weighted by Gasteiger charge is 2.33. The van der Waals surface area contributed by atoms with E-state index in [1.165, 1.54) is 5.56 Å². The average molecular weight is 273 g/mol. The Morgan fingerprint density at radius 1 is 1.15 bits per heavy atom. The molecule has 0 amide bonds. The molecular formula is C17H23NO2. The highest BCUT2D eigenvalue weighted by molar-refractivity contribution is 5.29. The van der Waals surface area contributed by atoms with Gasteiger partial charge in [0.2, 0.25) is 0 Å². The smallest absolute Gasteiger partial charge is 0.129 e. The molecule has 3 nitrogen and oxygen atoms in total. The Balaban J connectivity index is 2.30. The van der Waals surface area contributed by atoms with Crippen LogP contribution in [0.5, 0.6) is 0 Å². The summed E-state index contributed by atoms with van der Waals surface area (Å²) < 4.78 is 11.0. The van der Waals surface area contributed by atoms with Gasteiger partial charge in [0.1, 0.15) is 18.1 Å². The molecule has 2 aromatic rings. The van der Waals surface area contributed by atoms with Crippen molar-refractivity contribution in [2.75, 3.05) is 14.2 Å². The summed E-state index contributed by atoms with van der Waals surface area (Å²) >= 11 is 0. The maximum atomic E-state index is 5.90. The number of nitrogens with one attached hydrogen (secondary N) is 1. The van der Waals surface area contributed by atoms with E-state index < -0.39 is 0 Å². The summed E-state index contributed by atoms with van der Waals surface area (Å²) in [6.07, 6.45) is 0. The lowest BCUT2D eigenvalue weighted by atomic mass is 9.77. The van der Waals surface area contributed by atoms with Gasteiger partial charge in [-0.25, -0.2) is 0 Å². The molecule has 20 heavy (non-hydrogen) atoms. The second-order valence-corrected chi connectivity index (χ2v) is 5.55. The first-order valence-electron chi connectivity index (χ1n) is 6.90. The van der Waals surface area contributed by atoms with E-state index in [-0.39, 0.29) is 11.5 Å². The van der Waals surface area contributed by atoms with Crippen molar-refractivity contribution in [2.24, 2.45) is 0 Å². The maximum Gasteiger partial charge on any atom is 0.129 e. The molecule has 0 saturated heterocycles. The first-order chi connectivity index (χ1) is 9.59. The molecular weight excluding hydrogens is 250 g/mol. The number of likely N-dealkylation sites (N-methyl/N-ethyl adjacent to an activating group) is 1. The Labute approximate surface area is 121 Å². The van der Waals surface area contributed by atoms with E-state index in [0.29, 0.717) is 6.61 Å². The topological polar surface area (TPSA) is 34.4 Å². The van der Waals surface area contributed by atoms with Crippen LogP contribution >= 0.6 is 0 Å². The number of furan rings is 1. The summed E-state index contributed by atoms with van der Waals surface area (Å²) in [7, 11) is 3.64. The quantitative estimate of drug-likeness (QED) is 0.872. The molecule has 1 aromatic carbocycles. The molecule has 1 aromatic heterocycles. The lowest BCUT2D eigenvalue weighted by Crippen LogP contribution is -2.35. The molecule has 0 radical (unpaired) electrons. The molecule has 0 fully saturated rings. The minimum atomic E-state index is -0.0712. The van der Waals surface area contributed by atoms with Gasteiger partial charge in [0.15, 0.2) is 0 Å². The Morgan fingerprint density at radius 3 is 2.45 bits per heavy atom. The summed E-state index contributed by atoms with van der Waals surface area (Å²) in [5.74, 6) is 1.79. The largest absolute Gasteiger partial charge is 0.462 e. The zero-order chi connectivity index (χ0) is 14.6. The SMILES string of the molecule is CNC(c1ccc(COC)o1)C(C)(C)c1ccccc1. The minimum Gasteiger partial charge on any atom is -0.462 e. The molecule has 1 N–H and O–H groups in total. The fraction of sp³-hybridized carbons (Fsp3) is 0.412. The molecule has 108 valence electrons.